The summed E-state index contributed by atoms with van der Waals surface area (Å²) in [6.07, 6.45) is 15.6. The van der Waals surface area contributed by atoms with Gasteiger partial charge in [-0.25, -0.2) is 0 Å². The molecule has 3 aliphatic rings. The third-order valence-corrected chi connectivity index (χ3v) is 8.07. The van der Waals surface area contributed by atoms with E-state index in [0.717, 1.165) is 52.2 Å². The van der Waals surface area contributed by atoms with E-state index >= 15 is 0 Å². The first-order valence-electron chi connectivity index (χ1n) is 12.3. The Hall–Kier alpha value is -2.54. The van der Waals surface area contributed by atoms with Crippen molar-refractivity contribution in [3.8, 4) is 0 Å². The van der Waals surface area contributed by atoms with E-state index in [2.05, 4.69) is 0 Å². The fourth-order valence-electron chi connectivity index (χ4n) is 5.43. The average molecular weight is 465 g/mol. The molecule has 3 fully saturated rings. The molecule has 2 saturated carbocycles. The smallest absolute Gasteiger partial charge is 0.267 e. The minimum atomic E-state index is -0.383. The van der Waals surface area contributed by atoms with E-state index < -0.39 is 0 Å². The van der Waals surface area contributed by atoms with Gasteiger partial charge in [0.1, 0.15) is 6.54 Å². The van der Waals surface area contributed by atoms with Crippen LogP contribution in [0.4, 0.5) is 0 Å². The molecule has 1 aromatic heterocycles. The van der Waals surface area contributed by atoms with Crippen molar-refractivity contribution in [2.24, 2.45) is 10.7 Å². The van der Waals surface area contributed by atoms with Gasteiger partial charge >= 0.3 is 0 Å². The molecule has 0 bridgehead atoms. The number of nitrogens with two attached hydrogens (primary N) is 1. The predicted molar refractivity (Wildman–Crippen MR) is 135 cm³/mol. The second kappa shape index (κ2) is 9.75. The minimum Gasteiger partial charge on any atom is -0.368 e. The second-order valence-corrected chi connectivity index (χ2v) is 10.5. The lowest BCUT2D eigenvalue weighted by Gasteiger charge is -2.31. The Morgan fingerprint density at radius 1 is 1.06 bits per heavy atom. The van der Waals surface area contributed by atoms with Crippen LogP contribution in [0.5, 0.6) is 0 Å². The molecule has 2 heterocycles. The van der Waals surface area contributed by atoms with Crippen LogP contribution >= 0.6 is 11.8 Å². The normalized spacial score (nSPS) is 23.3. The van der Waals surface area contributed by atoms with Gasteiger partial charge in [-0.2, -0.15) is 0 Å². The molecule has 1 saturated heterocycles. The molecule has 0 unspecified atom stereocenters. The maximum Gasteiger partial charge on any atom is 0.267 e. The van der Waals surface area contributed by atoms with E-state index in [0.29, 0.717) is 6.04 Å². The van der Waals surface area contributed by atoms with E-state index in [-0.39, 0.29) is 24.4 Å². The number of para-hydroxylation sites is 1. The maximum absolute atomic E-state index is 13.7. The van der Waals surface area contributed by atoms with Crippen molar-refractivity contribution in [2.75, 3.05) is 0 Å². The standard InChI is InChI=1S/C26H32N4O2S/c27-24(31)17-29-16-18(21-13-7-8-14-22(21)29)15-23-25(32)30(20-11-5-2-6-12-20)26(33-23)28-19-9-3-1-4-10-19/h7-8,13-16,19-20H,1-6,9-12,17H2,(H2,27,31)/b23-15-,28-26?. The van der Waals surface area contributed by atoms with Gasteiger partial charge in [0, 0.05) is 28.7 Å². The van der Waals surface area contributed by atoms with Crippen molar-refractivity contribution in [1.29, 1.82) is 0 Å². The van der Waals surface area contributed by atoms with Crippen molar-refractivity contribution in [2.45, 2.75) is 82.8 Å². The van der Waals surface area contributed by atoms with Crippen LogP contribution in [-0.2, 0) is 16.1 Å². The van der Waals surface area contributed by atoms with E-state index in [9.17, 15) is 9.59 Å². The van der Waals surface area contributed by atoms with Crippen LogP contribution in [0.3, 0.4) is 0 Å². The molecule has 0 atom stereocenters. The zero-order chi connectivity index (χ0) is 22.8. The lowest BCUT2D eigenvalue weighted by Crippen LogP contribution is -2.41. The Labute approximate surface area is 199 Å². The fraction of sp³-hybridized carbons (Fsp3) is 0.500. The summed E-state index contributed by atoms with van der Waals surface area (Å²) in [7, 11) is 0. The molecule has 174 valence electrons. The topological polar surface area (TPSA) is 80.7 Å². The van der Waals surface area contributed by atoms with Crippen LogP contribution < -0.4 is 5.73 Å². The number of aliphatic imine (C=N–C) groups is 1. The highest BCUT2D eigenvalue weighted by molar-refractivity contribution is 8.18. The second-order valence-electron chi connectivity index (χ2n) is 9.48. The SMILES string of the molecule is NC(=O)Cn1cc(/C=C2\SC(=NC3CCCCC3)N(C3CCCCC3)C2=O)c2ccccc21. The number of carbonyl (C=O) groups excluding carboxylic acids is 2. The summed E-state index contributed by atoms with van der Waals surface area (Å²) in [5.74, 6) is -0.306. The summed E-state index contributed by atoms with van der Waals surface area (Å²) >= 11 is 1.53. The molecule has 33 heavy (non-hydrogen) atoms. The number of carbonyl (C=O) groups is 2. The van der Waals surface area contributed by atoms with Crippen LogP contribution in [-0.4, -0.2) is 38.5 Å². The van der Waals surface area contributed by atoms with Crippen molar-refractivity contribution in [3.63, 3.8) is 0 Å². The van der Waals surface area contributed by atoms with Gasteiger partial charge in [0.25, 0.3) is 5.91 Å². The number of amides is 2. The summed E-state index contributed by atoms with van der Waals surface area (Å²) in [6.45, 7) is 0.118. The van der Waals surface area contributed by atoms with Gasteiger partial charge in [-0.15, -0.1) is 0 Å². The summed E-state index contributed by atoms with van der Waals surface area (Å²) in [4.78, 5) is 33.1. The van der Waals surface area contributed by atoms with Gasteiger partial charge in [-0.3, -0.25) is 19.5 Å². The van der Waals surface area contributed by atoms with Crippen molar-refractivity contribution < 1.29 is 9.59 Å². The fourth-order valence-corrected chi connectivity index (χ4v) is 6.53. The Bertz CT molecular complexity index is 1110. The number of hydrogen-bond acceptors (Lipinski definition) is 4. The van der Waals surface area contributed by atoms with Crippen LogP contribution in [0.25, 0.3) is 17.0 Å². The number of aromatic nitrogens is 1. The first kappa shape index (κ1) is 22.3. The summed E-state index contributed by atoms with van der Waals surface area (Å²) < 4.78 is 1.87. The lowest BCUT2D eigenvalue weighted by molar-refractivity contribution is -0.124. The van der Waals surface area contributed by atoms with Gasteiger partial charge < -0.3 is 10.3 Å². The van der Waals surface area contributed by atoms with Gasteiger partial charge in [-0.05, 0) is 49.6 Å². The number of nitrogens with zero attached hydrogens (tertiary/aromatic N) is 3. The van der Waals surface area contributed by atoms with Gasteiger partial charge in [0.2, 0.25) is 5.91 Å². The number of primary amides is 1. The van der Waals surface area contributed by atoms with Crippen LogP contribution in [0.2, 0.25) is 0 Å². The van der Waals surface area contributed by atoms with Gasteiger partial charge in [-0.1, -0.05) is 56.7 Å². The quantitative estimate of drug-likeness (QED) is 0.628. The van der Waals surface area contributed by atoms with Crippen LogP contribution in [0, 0.1) is 0 Å². The summed E-state index contributed by atoms with van der Waals surface area (Å²) in [5.41, 5.74) is 7.34. The third kappa shape index (κ3) is 4.74. The zero-order valence-corrected chi connectivity index (χ0v) is 19.9. The Morgan fingerprint density at radius 3 is 2.48 bits per heavy atom. The van der Waals surface area contributed by atoms with Gasteiger partial charge in [0.15, 0.2) is 5.17 Å². The molecular formula is C26H32N4O2S. The van der Waals surface area contributed by atoms with E-state index in [1.54, 1.807) is 0 Å². The molecular weight excluding hydrogens is 432 g/mol. The van der Waals surface area contributed by atoms with Crippen molar-refractivity contribution >= 4 is 45.7 Å². The van der Waals surface area contributed by atoms with Crippen molar-refractivity contribution in [1.82, 2.24) is 9.47 Å². The first-order valence-corrected chi connectivity index (χ1v) is 13.1. The number of rotatable bonds is 5. The number of benzene rings is 1. The zero-order valence-electron chi connectivity index (χ0n) is 19.0. The van der Waals surface area contributed by atoms with E-state index in [1.807, 2.05) is 46.0 Å². The molecule has 0 spiro atoms. The number of amidine groups is 1. The molecule has 1 aromatic carbocycles. The van der Waals surface area contributed by atoms with E-state index in [1.165, 1.54) is 50.3 Å². The number of hydrogen-bond donors (Lipinski definition) is 1. The number of thioether (sulfide) groups is 1. The Morgan fingerprint density at radius 2 is 1.76 bits per heavy atom. The Balaban J connectivity index is 1.51. The maximum atomic E-state index is 13.7. The number of fused-ring (bicyclic) bond motifs is 1. The lowest BCUT2D eigenvalue weighted by atomic mass is 9.94. The largest absolute Gasteiger partial charge is 0.368 e. The molecule has 7 heteroatoms. The predicted octanol–water partition coefficient (Wildman–Crippen LogP) is 5.06. The molecule has 2 aliphatic carbocycles. The molecule has 2 amide bonds. The van der Waals surface area contributed by atoms with Crippen LogP contribution in [0.1, 0.15) is 69.8 Å². The van der Waals surface area contributed by atoms with E-state index in [4.69, 9.17) is 10.7 Å². The average Bonchev–Trinajstić information content (AvgIpc) is 3.32. The summed E-state index contributed by atoms with van der Waals surface area (Å²) in [5, 5.41) is 1.91. The monoisotopic (exact) mass is 464 g/mol. The summed E-state index contributed by atoms with van der Waals surface area (Å²) in [6, 6.07) is 8.52. The highest BCUT2D eigenvalue weighted by Crippen LogP contribution is 2.39. The highest BCUT2D eigenvalue weighted by atomic mass is 32.2. The molecule has 2 aromatic rings. The molecule has 0 radical (unpaired) electrons. The minimum absolute atomic E-state index is 0.0770. The molecule has 1 aliphatic heterocycles. The molecule has 6 nitrogen and oxygen atoms in total. The Kier molecular flexibility index (Phi) is 6.58. The highest BCUT2D eigenvalue weighted by Gasteiger charge is 2.39. The van der Waals surface area contributed by atoms with Gasteiger partial charge in [0.05, 0.1) is 10.9 Å². The van der Waals surface area contributed by atoms with Crippen LogP contribution in [0.15, 0.2) is 40.4 Å². The first-order chi connectivity index (χ1) is 16.1. The molecule has 2 N–H and O–H groups in total. The van der Waals surface area contributed by atoms with Crippen molar-refractivity contribution in [3.05, 3.63) is 40.9 Å². The third-order valence-electron chi connectivity index (χ3n) is 7.08. The molecule has 5 rings (SSSR count).